The lowest BCUT2D eigenvalue weighted by Gasteiger charge is -2.08. The third-order valence-electron chi connectivity index (χ3n) is 1.60. The van der Waals surface area contributed by atoms with Crippen molar-refractivity contribution >= 4 is 11.6 Å². The molecule has 0 saturated heterocycles. The zero-order valence-electron chi connectivity index (χ0n) is 6.50. The van der Waals surface area contributed by atoms with Gasteiger partial charge in [0, 0.05) is 11.1 Å². The summed E-state index contributed by atoms with van der Waals surface area (Å²) >= 11 is 5.82. The molecule has 1 rings (SSSR count). The van der Waals surface area contributed by atoms with E-state index >= 15 is 0 Å². The van der Waals surface area contributed by atoms with E-state index in [2.05, 4.69) is 6.58 Å². The number of rotatable bonds is 2. The van der Waals surface area contributed by atoms with Crippen LogP contribution in [-0.4, -0.2) is 5.11 Å². The molecule has 0 aliphatic heterocycles. The predicted molar refractivity (Wildman–Crippen MR) is 50.2 cm³/mol. The first-order valence-electron chi connectivity index (χ1n) is 3.51. The fourth-order valence-corrected chi connectivity index (χ4v) is 1.21. The Hall–Kier alpha value is -0.990. The highest BCUT2D eigenvalue weighted by Crippen LogP contribution is 2.25. The Balaban J connectivity index is 3.09. The van der Waals surface area contributed by atoms with Gasteiger partial charge in [-0.2, -0.15) is 0 Å². The number of aromatic hydroxyl groups is 1. The van der Waals surface area contributed by atoms with Crippen molar-refractivity contribution in [3.63, 3.8) is 0 Å². The fourth-order valence-electron chi connectivity index (χ4n) is 0.913. The lowest BCUT2D eigenvalue weighted by molar-refractivity contribution is 0.475. The molecule has 0 aliphatic rings. The first-order valence-corrected chi connectivity index (χ1v) is 3.89. The van der Waals surface area contributed by atoms with Crippen LogP contribution in [0.25, 0.3) is 0 Å². The second-order valence-electron chi connectivity index (χ2n) is 2.47. The van der Waals surface area contributed by atoms with Crippen LogP contribution in [0.4, 0.5) is 0 Å². The molecule has 0 saturated carbocycles. The van der Waals surface area contributed by atoms with Crippen molar-refractivity contribution in [2.24, 2.45) is 5.73 Å². The van der Waals surface area contributed by atoms with E-state index in [1.165, 1.54) is 6.07 Å². The maximum atomic E-state index is 9.04. The topological polar surface area (TPSA) is 46.2 Å². The molecule has 1 aromatic rings. The van der Waals surface area contributed by atoms with E-state index in [-0.39, 0.29) is 11.8 Å². The van der Waals surface area contributed by atoms with Crippen molar-refractivity contribution in [2.45, 2.75) is 6.04 Å². The van der Waals surface area contributed by atoms with Gasteiger partial charge in [0.25, 0.3) is 0 Å². The van der Waals surface area contributed by atoms with Gasteiger partial charge in [-0.25, -0.2) is 0 Å². The molecule has 1 aromatic carbocycles. The van der Waals surface area contributed by atoms with Gasteiger partial charge in [-0.3, -0.25) is 0 Å². The number of hydrogen-bond donors (Lipinski definition) is 2. The number of phenols is 1. The van der Waals surface area contributed by atoms with Crippen molar-refractivity contribution in [1.82, 2.24) is 0 Å². The normalized spacial score (nSPS) is 12.5. The van der Waals surface area contributed by atoms with Gasteiger partial charge in [0.1, 0.15) is 5.75 Å². The molecule has 0 spiro atoms. The average molecular weight is 184 g/mol. The van der Waals surface area contributed by atoms with Gasteiger partial charge >= 0.3 is 0 Å². The summed E-state index contributed by atoms with van der Waals surface area (Å²) in [4.78, 5) is 0. The summed E-state index contributed by atoms with van der Waals surface area (Å²) in [7, 11) is 0. The van der Waals surface area contributed by atoms with Crippen LogP contribution in [-0.2, 0) is 0 Å². The second-order valence-corrected chi connectivity index (χ2v) is 2.87. The van der Waals surface area contributed by atoms with Crippen LogP contribution in [0, 0.1) is 0 Å². The molecule has 0 aliphatic carbocycles. The van der Waals surface area contributed by atoms with Gasteiger partial charge < -0.3 is 10.8 Å². The summed E-state index contributed by atoms with van der Waals surface area (Å²) in [6.07, 6.45) is 1.60. The van der Waals surface area contributed by atoms with Crippen molar-refractivity contribution in [3.8, 4) is 5.75 Å². The highest BCUT2D eigenvalue weighted by atomic mass is 35.5. The molecule has 0 heterocycles. The number of benzene rings is 1. The highest BCUT2D eigenvalue weighted by Gasteiger charge is 2.06. The van der Waals surface area contributed by atoms with Gasteiger partial charge in [-0.05, 0) is 17.7 Å². The first-order chi connectivity index (χ1) is 5.65. The minimum atomic E-state index is -0.280. The van der Waals surface area contributed by atoms with Crippen molar-refractivity contribution in [2.75, 3.05) is 0 Å². The lowest BCUT2D eigenvalue weighted by Crippen LogP contribution is -2.06. The number of phenolic OH excluding ortho intramolecular Hbond substituents is 1. The Kier molecular flexibility index (Phi) is 2.74. The Bertz CT molecular complexity index is 299. The van der Waals surface area contributed by atoms with Crippen LogP contribution in [0.1, 0.15) is 11.6 Å². The Morgan fingerprint density at radius 2 is 2.25 bits per heavy atom. The second kappa shape index (κ2) is 3.61. The molecular weight excluding hydrogens is 174 g/mol. The van der Waals surface area contributed by atoms with Crippen LogP contribution >= 0.6 is 11.6 Å². The van der Waals surface area contributed by atoms with E-state index in [1.807, 2.05) is 0 Å². The van der Waals surface area contributed by atoms with Crippen molar-refractivity contribution in [3.05, 3.63) is 41.4 Å². The third-order valence-corrected chi connectivity index (χ3v) is 1.92. The molecule has 3 heteroatoms. The maximum Gasteiger partial charge on any atom is 0.117 e. The molecule has 64 valence electrons. The van der Waals surface area contributed by atoms with Crippen LogP contribution < -0.4 is 5.73 Å². The summed E-state index contributed by atoms with van der Waals surface area (Å²) in [5.74, 6) is 0.139. The standard InChI is InChI=1S/C9H10ClNO/c1-2-9(11)7-4-3-6(12)5-8(7)10/h2-5,9,12H,1,11H2. The van der Waals surface area contributed by atoms with E-state index in [0.29, 0.717) is 5.02 Å². The molecule has 1 atom stereocenters. The summed E-state index contributed by atoms with van der Waals surface area (Å²) in [6, 6.07) is 4.41. The quantitative estimate of drug-likeness (QED) is 0.691. The fraction of sp³-hybridized carbons (Fsp3) is 0.111. The van der Waals surface area contributed by atoms with Crippen LogP contribution in [0.5, 0.6) is 5.75 Å². The molecular formula is C9H10ClNO. The van der Waals surface area contributed by atoms with Gasteiger partial charge in [0.15, 0.2) is 0 Å². The monoisotopic (exact) mass is 183 g/mol. The van der Waals surface area contributed by atoms with Gasteiger partial charge in [0.2, 0.25) is 0 Å². The first kappa shape index (κ1) is 9.10. The molecule has 0 aromatic heterocycles. The van der Waals surface area contributed by atoms with Crippen LogP contribution in [0.3, 0.4) is 0 Å². The molecule has 2 nitrogen and oxygen atoms in total. The van der Waals surface area contributed by atoms with Gasteiger partial charge in [0.05, 0.1) is 0 Å². The molecule has 0 amide bonds. The summed E-state index contributed by atoms with van der Waals surface area (Å²) in [5, 5.41) is 9.50. The minimum absolute atomic E-state index is 0.139. The van der Waals surface area contributed by atoms with Gasteiger partial charge in [-0.15, -0.1) is 6.58 Å². The molecule has 12 heavy (non-hydrogen) atoms. The zero-order valence-corrected chi connectivity index (χ0v) is 7.25. The summed E-state index contributed by atoms with van der Waals surface area (Å²) in [5.41, 5.74) is 6.43. The Morgan fingerprint density at radius 3 is 2.75 bits per heavy atom. The zero-order chi connectivity index (χ0) is 9.14. The molecule has 0 radical (unpaired) electrons. The molecule has 3 N–H and O–H groups in total. The molecule has 1 unspecified atom stereocenters. The van der Waals surface area contributed by atoms with E-state index in [4.69, 9.17) is 22.4 Å². The van der Waals surface area contributed by atoms with Crippen LogP contribution in [0.2, 0.25) is 5.02 Å². The van der Waals surface area contributed by atoms with E-state index in [0.717, 1.165) is 5.56 Å². The molecule has 0 bridgehead atoms. The van der Waals surface area contributed by atoms with E-state index in [1.54, 1.807) is 18.2 Å². The average Bonchev–Trinajstić information content (AvgIpc) is 2.03. The van der Waals surface area contributed by atoms with Crippen molar-refractivity contribution in [1.29, 1.82) is 0 Å². The van der Waals surface area contributed by atoms with Gasteiger partial charge in [-0.1, -0.05) is 23.7 Å². The Labute approximate surface area is 76.3 Å². The molecule has 0 fully saturated rings. The predicted octanol–water partition coefficient (Wildman–Crippen LogP) is 2.23. The van der Waals surface area contributed by atoms with Crippen molar-refractivity contribution < 1.29 is 5.11 Å². The maximum absolute atomic E-state index is 9.04. The third kappa shape index (κ3) is 1.78. The SMILES string of the molecule is C=CC(N)c1ccc(O)cc1Cl. The number of nitrogens with two attached hydrogens (primary N) is 1. The smallest absolute Gasteiger partial charge is 0.117 e. The van der Waals surface area contributed by atoms with Crippen LogP contribution in [0.15, 0.2) is 30.9 Å². The van der Waals surface area contributed by atoms with E-state index < -0.39 is 0 Å². The highest BCUT2D eigenvalue weighted by molar-refractivity contribution is 6.31. The number of hydrogen-bond acceptors (Lipinski definition) is 2. The summed E-state index contributed by atoms with van der Waals surface area (Å²) in [6.45, 7) is 3.55. The minimum Gasteiger partial charge on any atom is -0.508 e. The largest absolute Gasteiger partial charge is 0.508 e. The summed E-state index contributed by atoms with van der Waals surface area (Å²) < 4.78 is 0. The Morgan fingerprint density at radius 1 is 1.58 bits per heavy atom. The lowest BCUT2D eigenvalue weighted by atomic mass is 10.1. The van der Waals surface area contributed by atoms with E-state index in [9.17, 15) is 0 Å². The number of halogens is 1.